The van der Waals surface area contributed by atoms with Gasteiger partial charge in [-0.05, 0) is 6.07 Å². The summed E-state index contributed by atoms with van der Waals surface area (Å²) >= 11 is 3.83. The number of thioether (sulfide) groups is 1. The van der Waals surface area contributed by atoms with E-state index in [0.717, 1.165) is 12.1 Å². The number of aliphatic hydroxyl groups excluding tert-OH is 1. The Morgan fingerprint density at radius 2 is 2.18 bits per heavy atom. The molecule has 1 aliphatic heterocycles. The molecular weight excluding hydrogens is 250 g/mol. The summed E-state index contributed by atoms with van der Waals surface area (Å²) in [6.07, 6.45) is 0.564. The molecule has 0 aliphatic carbocycles. The molecule has 2 heterocycles. The van der Waals surface area contributed by atoms with Gasteiger partial charge >= 0.3 is 0 Å². The van der Waals surface area contributed by atoms with Crippen molar-refractivity contribution in [3.63, 3.8) is 0 Å². The summed E-state index contributed by atoms with van der Waals surface area (Å²) in [5, 5.41) is 10.8. The molecule has 1 saturated heterocycles. The molecule has 1 aliphatic rings. The molecule has 0 radical (unpaired) electrons. The van der Waals surface area contributed by atoms with Gasteiger partial charge in [0.2, 0.25) is 0 Å². The predicted molar refractivity (Wildman–Crippen MR) is 75.5 cm³/mol. The summed E-state index contributed by atoms with van der Waals surface area (Å²) in [7, 11) is 0. The number of hydrogen-bond donors (Lipinski definition) is 1. The molecular formula is C13H17NOS2. The zero-order valence-electron chi connectivity index (χ0n) is 9.82. The summed E-state index contributed by atoms with van der Waals surface area (Å²) < 4.78 is 0. The Labute approximate surface area is 111 Å². The zero-order chi connectivity index (χ0) is 11.9. The molecule has 0 bridgehead atoms. The molecule has 0 spiro atoms. The summed E-state index contributed by atoms with van der Waals surface area (Å²) in [4.78, 5) is 3.90. The molecule has 1 N–H and O–H groups in total. The Balaban J connectivity index is 1.87. The van der Waals surface area contributed by atoms with Gasteiger partial charge in [0.05, 0.1) is 6.61 Å². The van der Waals surface area contributed by atoms with E-state index in [0.29, 0.717) is 6.42 Å². The lowest BCUT2D eigenvalue weighted by molar-refractivity contribution is 0.297. The average molecular weight is 267 g/mol. The predicted octanol–water partition coefficient (Wildman–Crippen LogP) is 2.03. The minimum Gasteiger partial charge on any atom is -0.395 e. The first-order valence-electron chi connectivity index (χ1n) is 5.86. The zero-order valence-corrected chi connectivity index (χ0v) is 11.4. The van der Waals surface area contributed by atoms with Crippen LogP contribution in [0.5, 0.6) is 0 Å². The molecule has 0 unspecified atom stereocenters. The first kappa shape index (κ1) is 13.0. The van der Waals surface area contributed by atoms with E-state index in [1.165, 1.54) is 29.5 Å². The van der Waals surface area contributed by atoms with Crippen molar-refractivity contribution in [1.29, 1.82) is 0 Å². The molecule has 92 valence electrons. The number of aliphatic hydroxyl groups is 1. The highest BCUT2D eigenvalue weighted by atomic mass is 32.2. The Morgan fingerprint density at radius 1 is 1.35 bits per heavy atom. The van der Waals surface area contributed by atoms with Crippen molar-refractivity contribution < 1.29 is 5.11 Å². The molecule has 1 aromatic rings. The Morgan fingerprint density at radius 3 is 2.94 bits per heavy atom. The fourth-order valence-electron chi connectivity index (χ4n) is 1.73. The minimum absolute atomic E-state index is 0.148. The van der Waals surface area contributed by atoms with Crippen LogP contribution in [0.15, 0.2) is 11.4 Å². The van der Waals surface area contributed by atoms with Crippen LogP contribution in [0.2, 0.25) is 0 Å². The van der Waals surface area contributed by atoms with E-state index in [-0.39, 0.29) is 6.61 Å². The normalized spacial score (nSPS) is 16.5. The summed E-state index contributed by atoms with van der Waals surface area (Å²) in [6.45, 7) is 3.62. The van der Waals surface area contributed by atoms with E-state index in [9.17, 15) is 0 Å². The van der Waals surface area contributed by atoms with Crippen molar-refractivity contribution >= 4 is 23.1 Å². The van der Waals surface area contributed by atoms with E-state index in [2.05, 4.69) is 28.2 Å². The monoisotopic (exact) mass is 267 g/mol. The van der Waals surface area contributed by atoms with Crippen LogP contribution >= 0.6 is 23.1 Å². The fraction of sp³-hybridized carbons (Fsp3) is 0.538. The quantitative estimate of drug-likeness (QED) is 0.848. The molecule has 0 amide bonds. The molecule has 4 heteroatoms. The molecule has 1 aromatic heterocycles. The van der Waals surface area contributed by atoms with Crippen LogP contribution in [0, 0.1) is 11.8 Å². The van der Waals surface area contributed by atoms with Crippen LogP contribution in [0.25, 0.3) is 0 Å². The Kier molecular flexibility index (Phi) is 5.40. The van der Waals surface area contributed by atoms with Crippen molar-refractivity contribution in [2.75, 3.05) is 31.2 Å². The summed E-state index contributed by atoms with van der Waals surface area (Å²) in [5.74, 6) is 8.56. The van der Waals surface area contributed by atoms with Gasteiger partial charge in [-0.1, -0.05) is 11.8 Å². The van der Waals surface area contributed by atoms with E-state index in [4.69, 9.17) is 5.11 Å². The highest BCUT2D eigenvalue weighted by molar-refractivity contribution is 7.99. The maximum atomic E-state index is 8.66. The molecule has 0 atom stereocenters. The van der Waals surface area contributed by atoms with Gasteiger partial charge < -0.3 is 5.11 Å². The Hall–Kier alpha value is -0.470. The lowest BCUT2D eigenvalue weighted by Gasteiger charge is -2.25. The number of nitrogens with zero attached hydrogens (tertiary/aromatic N) is 1. The van der Waals surface area contributed by atoms with Gasteiger partial charge in [-0.15, -0.1) is 11.3 Å². The van der Waals surface area contributed by atoms with E-state index in [1.54, 1.807) is 11.3 Å². The van der Waals surface area contributed by atoms with Gasteiger partial charge in [0.1, 0.15) is 0 Å². The van der Waals surface area contributed by atoms with Crippen molar-refractivity contribution in [2.24, 2.45) is 0 Å². The van der Waals surface area contributed by atoms with Gasteiger partial charge in [-0.25, -0.2) is 0 Å². The van der Waals surface area contributed by atoms with Gasteiger partial charge in [0.15, 0.2) is 0 Å². The van der Waals surface area contributed by atoms with Crippen LogP contribution in [-0.4, -0.2) is 41.2 Å². The number of thiophene rings is 1. The second kappa shape index (κ2) is 7.07. The fourth-order valence-corrected chi connectivity index (χ4v) is 3.57. The van der Waals surface area contributed by atoms with E-state index in [1.807, 2.05) is 11.8 Å². The lowest BCUT2D eigenvalue weighted by Crippen LogP contribution is -2.31. The summed E-state index contributed by atoms with van der Waals surface area (Å²) in [5.41, 5.74) is 1.09. The molecule has 2 rings (SSSR count). The maximum Gasteiger partial charge on any atom is 0.0540 e. The molecule has 0 saturated carbocycles. The third-order valence-electron chi connectivity index (χ3n) is 2.61. The van der Waals surface area contributed by atoms with Crippen LogP contribution in [0.4, 0.5) is 0 Å². The number of hydrogen-bond acceptors (Lipinski definition) is 4. The Bertz CT molecular complexity index is 399. The van der Waals surface area contributed by atoms with Crippen molar-refractivity contribution in [3.05, 3.63) is 21.9 Å². The SMILES string of the molecule is OCCC#Cc1csc(CN2CCSCC2)c1. The summed E-state index contributed by atoms with van der Waals surface area (Å²) in [6, 6.07) is 2.18. The highest BCUT2D eigenvalue weighted by Crippen LogP contribution is 2.18. The third kappa shape index (κ3) is 4.36. The first-order chi connectivity index (χ1) is 8.38. The molecule has 1 fully saturated rings. The second-order valence-electron chi connectivity index (χ2n) is 3.97. The van der Waals surface area contributed by atoms with Crippen molar-refractivity contribution in [1.82, 2.24) is 4.90 Å². The largest absolute Gasteiger partial charge is 0.395 e. The lowest BCUT2D eigenvalue weighted by atomic mass is 10.3. The average Bonchev–Trinajstić information content (AvgIpc) is 2.79. The topological polar surface area (TPSA) is 23.5 Å². The minimum atomic E-state index is 0.148. The molecule has 17 heavy (non-hydrogen) atoms. The smallest absolute Gasteiger partial charge is 0.0540 e. The third-order valence-corrected chi connectivity index (χ3v) is 4.47. The highest BCUT2D eigenvalue weighted by Gasteiger charge is 2.11. The molecule has 2 nitrogen and oxygen atoms in total. The standard InChI is InChI=1S/C13H17NOS2/c15-6-2-1-3-12-9-13(17-11-12)10-14-4-7-16-8-5-14/h9,11,15H,2,4-8,10H2. The van der Waals surface area contributed by atoms with Crippen LogP contribution < -0.4 is 0 Å². The van der Waals surface area contributed by atoms with Crippen molar-refractivity contribution in [2.45, 2.75) is 13.0 Å². The first-order valence-corrected chi connectivity index (χ1v) is 7.89. The van der Waals surface area contributed by atoms with E-state index >= 15 is 0 Å². The van der Waals surface area contributed by atoms with Crippen LogP contribution in [0.1, 0.15) is 16.9 Å². The second-order valence-corrected chi connectivity index (χ2v) is 6.19. The van der Waals surface area contributed by atoms with E-state index < -0.39 is 0 Å². The van der Waals surface area contributed by atoms with Crippen LogP contribution in [-0.2, 0) is 6.54 Å². The van der Waals surface area contributed by atoms with Crippen LogP contribution in [0.3, 0.4) is 0 Å². The van der Waals surface area contributed by atoms with Gasteiger partial charge in [-0.2, -0.15) is 11.8 Å². The maximum absolute atomic E-state index is 8.66. The molecule has 0 aromatic carbocycles. The van der Waals surface area contributed by atoms with Gasteiger partial charge in [-0.3, -0.25) is 4.90 Å². The van der Waals surface area contributed by atoms with Gasteiger partial charge in [0.25, 0.3) is 0 Å². The van der Waals surface area contributed by atoms with Gasteiger partial charge in [0, 0.05) is 53.4 Å². The van der Waals surface area contributed by atoms with Crippen molar-refractivity contribution in [3.8, 4) is 11.8 Å². The number of rotatable bonds is 3.